The average Bonchev–Trinajstić information content (AvgIpc) is 3.29. The topological polar surface area (TPSA) is 193 Å². The zero-order valence-electron chi connectivity index (χ0n) is 27.2. The maximum Gasteiger partial charge on any atom is 0.416 e. The summed E-state index contributed by atoms with van der Waals surface area (Å²) < 4.78 is 60.4. The minimum absolute atomic E-state index is 0.0893. The van der Waals surface area contributed by atoms with E-state index < -0.39 is 85.2 Å². The van der Waals surface area contributed by atoms with E-state index in [4.69, 9.17) is 18.9 Å². The monoisotopic (exact) mass is 704 g/mol. The zero-order chi connectivity index (χ0) is 36.4. The Morgan fingerprint density at radius 3 is 2.55 bits per heavy atom. The van der Waals surface area contributed by atoms with E-state index in [2.05, 4.69) is 10.2 Å². The minimum atomic E-state index is -4.62. The first-order chi connectivity index (χ1) is 23.1. The highest BCUT2D eigenvalue weighted by molar-refractivity contribution is 5.82. The first kappa shape index (κ1) is 41.0. The molecule has 1 aromatic carbocycles. The molecule has 0 heterocycles. The van der Waals surface area contributed by atoms with E-state index in [1.807, 2.05) is 12.2 Å². The molecule has 274 valence electrons. The molecule has 0 spiro atoms. The molecule has 1 fully saturated rings. The first-order valence-corrected chi connectivity index (χ1v) is 15.7. The number of rotatable bonds is 21. The predicted octanol–water partition coefficient (Wildman–Crippen LogP) is 3.32. The summed E-state index contributed by atoms with van der Waals surface area (Å²) in [5.41, 5.74) is -0.946. The van der Waals surface area contributed by atoms with Crippen molar-refractivity contribution >= 4 is 17.8 Å². The van der Waals surface area contributed by atoms with Crippen LogP contribution in [0.2, 0.25) is 0 Å². The van der Waals surface area contributed by atoms with Crippen LogP contribution in [0.15, 0.2) is 48.6 Å². The molecule has 0 radical (unpaired) electrons. The molecule has 0 aliphatic heterocycles. The van der Waals surface area contributed by atoms with E-state index >= 15 is 0 Å². The van der Waals surface area contributed by atoms with Gasteiger partial charge in [-0.2, -0.15) is 13.2 Å². The largest absolute Gasteiger partial charge is 0.489 e. The van der Waals surface area contributed by atoms with Crippen LogP contribution in [0.5, 0.6) is 5.75 Å². The summed E-state index contributed by atoms with van der Waals surface area (Å²) >= 11 is 0. The van der Waals surface area contributed by atoms with E-state index in [0.717, 1.165) is 18.2 Å². The number of nitrogens with one attached hydrogen (secondary N) is 1. The van der Waals surface area contributed by atoms with Crippen LogP contribution >= 0.6 is 0 Å². The second-order valence-corrected chi connectivity index (χ2v) is 11.4. The number of hydrogen-bond acceptors (Lipinski definition) is 12. The molecule has 0 bridgehead atoms. The highest BCUT2D eigenvalue weighted by Crippen LogP contribution is 2.36. The number of carbonyl (C=O) groups is 3. The van der Waals surface area contributed by atoms with Crippen LogP contribution in [0.4, 0.5) is 13.2 Å². The van der Waals surface area contributed by atoms with E-state index in [1.165, 1.54) is 12.1 Å². The Morgan fingerprint density at radius 2 is 1.86 bits per heavy atom. The number of alkyl halides is 3. The Morgan fingerprint density at radius 1 is 1.10 bits per heavy atom. The lowest BCUT2D eigenvalue weighted by atomic mass is 9.89. The number of hydrogen-bond donors (Lipinski definition) is 3. The van der Waals surface area contributed by atoms with Crippen molar-refractivity contribution in [1.29, 1.82) is 0 Å². The number of allylic oxidation sites excluding steroid dienone is 2. The SMILES string of the molecule is CC(C)OC(=O)CCC/C=C\C[C@@H]1[C@@H](/C=C/C(COc2cccc(C(F)(F)F)c2)OC(=O)CNC(=O)COCCO[N+](=O)[O-])[C@H](O)C[C@@H]1O. The molecule has 0 saturated heterocycles. The van der Waals surface area contributed by atoms with Gasteiger partial charge in [-0.15, -0.1) is 10.1 Å². The molecular weight excluding hydrogens is 661 g/mol. The van der Waals surface area contributed by atoms with Crippen LogP contribution in [0.3, 0.4) is 0 Å². The molecule has 5 atom stereocenters. The van der Waals surface area contributed by atoms with Crippen LogP contribution in [-0.2, 0) is 39.6 Å². The molecule has 49 heavy (non-hydrogen) atoms. The van der Waals surface area contributed by atoms with Gasteiger partial charge in [-0.25, -0.2) is 0 Å². The highest BCUT2D eigenvalue weighted by atomic mass is 19.4. The first-order valence-electron chi connectivity index (χ1n) is 15.7. The number of aliphatic hydroxyl groups excluding tert-OH is 2. The van der Waals surface area contributed by atoms with Gasteiger partial charge in [0.1, 0.15) is 32.1 Å². The smallest absolute Gasteiger partial charge is 0.416 e. The molecule has 14 nitrogen and oxygen atoms in total. The molecule has 1 saturated carbocycles. The number of esters is 2. The molecular formula is C32H43F3N2O12. The maximum absolute atomic E-state index is 13.2. The normalized spacial score (nSPS) is 20.0. The van der Waals surface area contributed by atoms with Crippen molar-refractivity contribution in [2.45, 2.75) is 76.5 Å². The van der Waals surface area contributed by atoms with Crippen molar-refractivity contribution in [3.63, 3.8) is 0 Å². The average molecular weight is 705 g/mol. The number of unbranched alkanes of at least 4 members (excludes halogenated alkanes) is 1. The molecule has 1 aliphatic rings. The number of benzene rings is 1. The summed E-state index contributed by atoms with van der Waals surface area (Å²) in [5, 5.41) is 32.6. The van der Waals surface area contributed by atoms with E-state index in [9.17, 15) is 47.9 Å². The van der Waals surface area contributed by atoms with E-state index in [-0.39, 0.29) is 37.3 Å². The van der Waals surface area contributed by atoms with Gasteiger partial charge >= 0.3 is 18.1 Å². The predicted molar refractivity (Wildman–Crippen MR) is 165 cm³/mol. The molecule has 1 aromatic rings. The fourth-order valence-corrected chi connectivity index (χ4v) is 4.85. The van der Waals surface area contributed by atoms with Crippen molar-refractivity contribution in [3.8, 4) is 5.75 Å². The van der Waals surface area contributed by atoms with Gasteiger partial charge in [0.15, 0.2) is 6.10 Å². The molecule has 3 N–H and O–H groups in total. The number of carbonyl (C=O) groups excluding carboxylic acids is 3. The highest BCUT2D eigenvalue weighted by Gasteiger charge is 2.39. The fraction of sp³-hybridized carbons (Fsp3) is 0.594. The number of ether oxygens (including phenoxy) is 4. The lowest BCUT2D eigenvalue weighted by molar-refractivity contribution is -0.758. The maximum atomic E-state index is 13.2. The third-order valence-electron chi connectivity index (χ3n) is 7.10. The second kappa shape index (κ2) is 21.0. The van der Waals surface area contributed by atoms with E-state index in [0.29, 0.717) is 19.3 Å². The minimum Gasteiger partial charge on any atom is -0.489 e. The van der Waals surface area contributed by atoms with Crippen LogP contribution in [-0.4, -0.2) is 90.5 Å². The van der Waals surface area contributed by atoms with Gasteiger partial charge < -0.3 is 39.3 Å². The van der Waals surface area contributed by atoms with Crippen molar-refractivity contribution < 1.29 is 66.6 Å². The fourth-order valence-electron chi connectivity index (χ4n) is 4.85. The van der Waals surface area contributed by atoms with E-state index in [1.54, 1.807) is 19.9 Å². The quantitative estimate of drug-likeness (QED) is 0.0557. The standard InChI is InChI=1S/C32H43F3N2O12/c1-21(2)48-30(41)11-6-4-3-5-10-25-26(28(39)17-27(25)38)13-12-24(19-46-23-9-7-8-22(16-23)32(33,34)35)49-31(42)18-36-29(40)20-45-14-15-47-37(43)44/h3,5,7-9,12-13,16,21,24-28,38-39H,4,6,10-11,14-15,17-20H2,1-2H3,(H,36,40)/b5-3-,13-12+/t24?,25-,26-,27+,28-/m1/s1. The summed E-state index contributed by atoms with van der Waals surface area (Å²) in [4.78, 5) is 50.4. The molecule has 1 amide bonds. The Balaban J connectivity index is 2.04. The summed E-state index contributed by atoms with van der Waals surface area (Å²) in [6.07, 6.45) is 0.807. The Bertz CT molecular complexity index is 1270. The van der Waals surface area contributed by atoms with Gasteiger partial charge in [-0.1, -0.05) is 24.3 Å². The Labute approximate surface area is 281 Å². The summed E-state index contributed by atoms with van der Waals surface area (Å²) in [5.74, 6) is -3.09. The third-order valence-corrected chi connectivity index (χ3v) is 7.10. The summed E-state index contributed by atoms with van der Waals surface area (Å²) in [7, 11) is 0. The number of amides is 1. The van der Waals surface area contributed by atoms with Crippen LogP contribution < -0.4 is 10.1 Å². The Hall–Kier alpha value is -4.22. The molecule has 1 aliphatic carbocycles. The van der Waals surface area contributed by atoms with Gasteiger partial charge in [-0.3, -0.25) is 14.4 Å². The number of nitrogens with zero attached hydrogens (tertiary/aromatic N) is 1. The molecule has 0 aromatic heterocycles. The number of aliphatic hydroxyl groups is 2. The Kier molecular flexibility index (Phi) is 17.5. The van der Waals surface area contributed by atoms with Gasteiger partial charge in [0.05, 0.1) is 30.5 Å². The lowest BCUT2D eigenvalue weighted by Crippen LogP contribution is -2.36. The van der Waals surface area contributed by atoms with Gasteiger partial charge in [-0.05, 0) is 63.3 Å². The van der Waals surface area contributed by atoms with Crippen LogP contribution in [0.1, 0.15) is 51.5 Å². The van der Waals surface area contributed by atoms with Crippen molar-refractivity contribution in [2.24, 2.45) is 11.8 Å². The molecule has 2 rings (SSSR count). The zero-order valence-corrected chi connectivity index (χ0v) is 27.2. The lowest BCUT2D eigenvalue weighted by Gasteiger charge is -2.21. The van der Waals surface area contributed by atoms with Crippen molar-refractivity contribution in [2.75, 3.05) is 33.0 Å². The summed E-state index contributed by atoms with van der Waals surface area (Å²) in [6, 6.07) is 4.10. The van der Waals surface area contributed by atoms with Crippen LogP contribution in [0, 0.1) is 22.0 Å². The summed E-state index contributed by atoms with van der Waals surface area (Å²) in [6.45, 7) is 1.31. The molecule has 17 heteroatoms. The van der Waals surface area contributed by atoms with Gasteiger partial charge in [0.25, 0.3) is 5.09 Å². The van der Waals surface area contributed by atoms with Gasteiger partial charge in [0, 0.05) is 18.8 Å². The van der Waals surface area contributed by atoms with Crippen LogP contribution in [0.25, 0.3) is 0 Å². The molecule has 1 unspecified atom stereocenters. The van der Waals surface area contributed by atoms with Crippen molar-refractivity contribution in [1.82, 2.24) is 5.32 Å². The third kappa shape index (κ3) is 16.6. The number of halogens is 3. The second-order valence-electron chi connectivity index (χ2n) is 11.4. The van der Waals surface area contributed by atoms with Gasteiger partial charge in [0.2, 0.25) is 5.91 Å². The van der Waals surface area contributed by atoms with Crippen molar-refractivity contribution in [3.05, 3.63) is 64.2 Å².